The molecule has 5 rings (SSSR count). The van der Waals surface area contributed by atoms with Gasteiger partial charge in [-0.1, -0.05) is 24.3 Å². The van der Waals surface area contributed by atoms with E-state index in [1.54, 1.807) is 65.9 Å². The second kappa shape index (κ2) is 6.65. The number of benzene rings is 3. The largest absolute Gasteiger partial charge is 0.398 e. The Balaban J connectivity index is 1.63. The predicted octanol–water partition coefficient (Wildman–Crippen LogP) is 4.93. The van der Waals surface area contributed by atoms with E-state index in [4.69, 9.17) is 10.7 Å². The predicted molar refractivity (Wildman–Crippen MR) is 117 cm³/mol. The van der Waals surface area contributed by atoms with Crippen LogP contribution in [0, 0.1) is 0 Å². The minimum absolute atomic E-state index is 0.196. The molecule has 0 atom stereocenters. The Bertz CT molecular complexity index is 1480. The van der Waals surface area contributed by atoms with Crippen LogP contribution in [-0.4, -0.2) is 18.4 Å². The quantitative estimate of drug-likeness (QED) is 0.450. The molecule has 0 saturated carbocycles. The van der Waals surface area contributed by atoms with Crippen LogP contribution in [0.2, 0.25) is 0 Å². The number of hydrogen-bond donors (Lipinski definition) is 1. The number of rotatable bonds is 3. The number of aromatic nitrogens is 2. The van der Waals surface area contributed by atoms with Crippen LogP contribution in [0.4, 0.5) is 5.69 Å². The normalized spacial score (nSPS) is 11.9. The third-order valence-corrected chi connectivity index (χ3v) is 7.38. The average molecular weight is 418 g/mol. The molecule has 7 heteroatoms. The fourth-order valence-electron chi connectivity index (χ4n) is 3.30. The molecule has 0 aliphatic carbocycles. The fraction of sp³-hybridized carbons (Fsp3) is 0. The third-order valence-electron chi connectivity index (χ3n) is 4.80. The number of hydrogen-bond acceptors (Lipinski definition) is 6. The van der Waals surface area contributed by atoms with Gasteiger partial charge in [-0.15, -0.1) is 11.3 Å². The van der Waals surface area contributed by atoms with Gasteiger partial charge in [0.05, 0.1) is 36.7 Å². The van der Waals surface area contributed by atoms with Gasteiger partial charge in [0.2, 0.25) is 9.84 Å². The van der Waals surface area contributed by atoms with Crippen molar-refractivity contribution in [1.29, 1.82) is 0 Å². The lowest BCUT2D eigenvalue weighted by Gasteiger charge is -2.10. The number of nitrogens with zero attached hydrogens (tertiary/aromatic N) is 2. The van der Waals surface area contributed by atoms with Crippen molar-refractivity contribution in [3.8, 4) is 11.3 Å². The lowest BCUT2D eigenvalue weighted by atomic mass is 10.1. The van der Waals surface area contributed by atoms with E-state index in [1.165, 1.54) is 0 Å². The van der Waals surface area contributed by atoms with Gasteiger partial charge in [0, 0.05) is 16.6 Å². The van der Waals surface area contributed by atoms with Crippen LogP contribution in [0.25, 0.3) is 32.4 Å². The molecule has 0 bridgehead atoms. The van der Waals surface area contributed by atoms with Gasteiger partial charge >= 0.3 is 0 Å². The van der Waals surface area contributed by atoms with Crippen LogP contribution in [0.3, 0.4) is 0 Å². The number of sulfone groups is 1. The molecular formula is C22H15N3O2S2. The Morgan fingerprint density at radius 3 is 2.48 bits per heavy atom. The molecule has 0 amide bonds. The first kappa shape index (κ1) is 17.8. The van der Waals surface area contributed by atoms with Crippen LogP contribution in [0.15, 0.2) is 88.1 Å². The molecule has 0 aliphatic heterocycles. The molecule has 5 aromatic rings. The van der Waals surface area contributed by atoms with Crippen molar-refractivity contribution in [2.24, 2.45) is 0 Å². The number of fused-ring (bicyclic) bond motifs is 2. The Morgan fingerprint density at radius 2 is 1.66 bits per heavy atom. The fourth-order valence-corrected chi connectivity index (χ4v) is 5.27. The maximum atomic E-state index is 12.9. The average Bonchev–Trinajstić information content (AvgIpc) is 3.22. The Labute approximate surface area is 171 Å². The summed E-state index contributed by atoms with van der Waals surface area (Å²) in [7, 11) is -3.62. The third kappa shape index (κ3) is 3.04. The standard InChI is InChI=1S/C22H15N3O2S2/c23-18-12-20(14-6-9-22-21(10-14)24-13-28-22)25-19-8-7-16(11-17(18)19)29(26,27)15-4-2-1-3-5-15/h1-13H,(H2,23,25). The Morgan fingerprint density at radius 1 is 0.828 bits per heavy atom. The maximum absolute atomic E-state index is 12.9. The second-order valence-corrected chi connectivity index (χ2v) is 9.46. The summed E-state index contributed by atoms with van der Waals surface area (Å²) in [5.41, 5.74) is 11.8. The van der Waals surface area contributed by atoms with E-state index in [2.05, 4.69) is 4.98 Å². The molecule has 0 saturated heterocycles. The summed E-state index contributed by atoms with van der Waals surface area (Å²) in [5.74, 6) is 0. The van der Waals surface area contributed by atoms with Crippen LogP contribution in [0.5, 0.6) is 0 Å². The van der Waals surface area contributed by atoms with Crippen molar-refractivity contribution in [3.05, 3.63) is 78.3 Å². The van der Waals surface area contributed by atoms with E-state index in [-0.39, 0.29) is 9.79 Å². The zero-order valence-corrected chi connectivity index (χ0v) is 16.7. The molecule has 3 aromatic carbocycles. The van der Waals surface area contributed by atoms with Crippen LogP contribution in [-0.2, 0) is 9.84 Å². The number of anilines is 1. The number of nitrogens with two attached hydrogens (primary N) is 1. The molecule has 2 aromatic heterocycles. The lowest BCUT2D eigenvalue weighted by molar-refractivity contribution is 0.596. The molecule has 0 aliphatic rings. The molecule has 2 heterocycles. The van der Waals surface area contributed by atoms with E-state index in [9.17, 15) is 8.42 Å². The maximum Gasteiger partial charge on any atom is 0.206 e. The molecule has 0 radical (unpaired) electrons. The summed E-state index contributed by atoms with van der Waals surface area (Å²) in [4.78, 5) is 9.49. The van der Waals surface area contributed by atoms with Crippen molar-refractivity contribution in [3.63, 3.8) is 0 Å². The van der Waals surface area contributed by atoms with Crippen LogP contribution >= 0.6 is 11.3 Å². The van der Waals surface area contributed by atoms with Gasteiger partial charge in [-0.2, -0.15) is 0 Å². The molecule has 0 unspecified atom stereocenters. The SMILES string of the molecule is Nc1cc(-c2ccc3scnc3c2)nc2ccc(S(=O)(=O)c3ccccc3)cc12. The van der Waals surface area contributed by atoms with Gasteiger partial charge in [0.25, 0.3) is 0 Å². The molecule has 0 fully saturated rings. The summed E-state index contributed by atoms with van der Waals surface area (Å²) in [6.07, 6.45) is 0. The smallest absolute Gasteiger partial charge is 0.206 e. The zero-order valence-electron chi connectivity index (χ0n) is 15.1. The Hall–Kier alpha value is -3.29. The summed E-state index contributed by atoms with van der Waals surface area (Å²) in [6, 6.07) is 21.0. The molecule has 2 N–H and O–H groups in total. The van der Waals surface area contributed by atoms with Gasteiger partial charge < -0.3 is 5.73 Å². The minimum Gasteiger partial charge on any atom is -0.398 e. The summed E-state index contributed by atoms with van der Waals surface area (Å²) >= 11 is 1.59. The van der Waals surface area contributed by atoms with Crippen LogP contribution in [0.1, 0.15) is 0 Å². The first-order valence-corrected chi connectivity index (χ1v) is 11.2. The highest BCUT2D eigenvalue weighted by Gasteiger charge is 2.18. The summed E-state index contributed by atoms with van der Waals surface area (Å²) < 4.78 is 26.9. The van der Waals surface area contributed by atoms with Gasteiger partial charge in [0.1, 0.15) is 0 Å². The highest BCUT2D eigenvalue weighted by Crippen LogP contribution is 2.31. The molecule has 0 spiro atoms. The van der Waals surface area contributed by atoms with Crippen molar-refractivity contribution in [1.82, 2.24) is 9.97 Å². The van der Waals surface area contributed by atoms with E-state index in [0.717, 1.165) is 21.5 Å². The second-order valence-electron chi connectivity index (χ2n) is 6.63. The topological polar surface area (TPSA) is 85.9 Å². The van der Waals surface area contributed by atoms with Gasteiger partial charge in [-0.25, -0.2) is 18.4 Å². The molecule has 142 valence electrons. The first-order chi connectivity index (χ1) is 14.0. The van der Waals surface area contributed by atoms with Crippen molar-refractivity contribution >= 4 is 48.0 Å². The van der Waals surface area contributed by atoms with E-state index in [0.29, 0.717) is 16.6 Å². The van der Waals surface area contributed by atoms with E-state index >= 15 is 0 Å². The lowest BCUT2D eigenvalue weighted by Crippen LogP contribution is -2.02. The highest BCUT2D eigenvalue weighted by molar-refractivity contribution is 7.91. The van der Waals surface area contributed by atoms with Gasteiger partial charge in [-0.3, -0.25) is 0 Å². The summed E-state index contributed by atoms with van der Waals surface area (Å²) in [6.45, 7) is 0. The van der Waals surface area contributed by atoms with E-state index in [1.807, 2.05) is 23.7 Å². The Kier molecular flexibility index (Phi) is 4.08. The van der Waals surface area contributed by atoms with Crippen molar-refractivity contribution < 1.29 is 8.42 Å². The number of nitrogen functional groups attached to an aromatic ring is 1. The van der Waals surface area contributed by atoms with Crippen LogP contribution < -0.4 is 5.73 Å². The number of pyridine rings is 1. The number of thiazole rings is 1. The molecule has 5 nitrogen and oxygen atoms in total. The zero-order chi connectivity index (χ0) is 20.0. The van der Waals surface area contributed by atoms with E-state index < -0.39 is 9.84 Å². The van der Waals surface area contributed by atoms with Crippen molar-refractivity contribution in [2.75, 3.05) is 5.73 Å². The monoisotopic (exact) mass is 417 g/mol. The first-order valence-electron chi connectivity index (χ1n) is 8.86. The van der Waals surface area contributed by atoms with Gasteiger partial charge in [-0.05, 0) is 48.5 Å². The minimum atomic E-state index is -3.62. The van der Waals surface area contributed by atoms with Gasteiger partial charge in [0.15, 0.2) is 0 Å². The summed E-state index contributed by atoms with van der Waals surface area (Å²) in [5, 5.41) is 0.612. The highest BCUT2D eigenvalue weighted by atomic mass is 32.2. The van der Waals surface area contributed by atoms with Crippen molar-refractivity contribution in [2.45, 2.75) is 9.79 Å². The molecular weight excluding hydrogens is 402 g/mol. The molecule has 29 heavy (non-hydrogen) atoms.